The van der Waals surface area contributed by atoms with Crippen LogP contribution in [0.3, 0.4) is 0 Å². The molecule has 4 rings (SSSR count). The molecule has 29 heavy (non-hydrogen) atoms. The van der Waals surface area contributed by atoms with Crippen molar-refractivity contribution in [1.29, 1.82) is 0 Å². The Morgan fingerprint density at radius 2 is 2.17 bits per heavy atom. The molecule has 3 N–H and O–H groups in total. The fourth-order valence-corrected chi connectivity index (χ4v) is 3.21. The van der Waals surface area contributed by atoms with E-state index in [2.05, 4.69) is 20.7 Å². The fraction of sp³-hybridized carbons (Fsp3) is 0.350. The normalized spacial score (nSPS) is 18.4. The van der Waals surface area contributed by atoms with Crippen molar-refractivity contribution >= 4 is 17.4 Å². The second-order valence-electron chi connectivity index (χ2n) is 6.92. The summed E-state index contributed by atoms with van der Waals surface area (Å²) >= 11 is 0. The molecule has 1 aromatic carbocycles. The Morgan fingerprint density at radius 3 is 3.07 bits per heavy atom. The van der Waals surface area contributed by atoms with Crippen molar-refractivity contribution in [2.75, 3.05) is 25.0 Å². The van der Waals surface area contributed by atoms with E-state index in [0.29, 0.717) is 60.8 Å². The highest BCUT2D eigenvalue weighted by molar-refractivity contribution is 5.99. The first-order valence-electron chi connectivity index (χ1n) is 9.56. The summed E-state index contributed by atoms with van der Waals surface area (Å²) in [5.41, 5.74) is 1.52. The largest absolute Gasteiger partial charge is 0.493 e. The molecule has 2 bridgehead atoms. The first kappa shape index (κ1) is 19.1. The number of hydrogen-bond acceptors (Lipinski definition) is 6. The van der Waals surface area contributed by atoms with E-state index in [1.54, 1.807) is 18.3 Å². The Labute approximate surface area is 166 Å². The van der Waals surface area contributed by atoms with E-state index in [0.717, 1.165) is 0 Å². The molecule has 0 fully saturated rings. The number of nitrogens with one attached hydrogen (secondary N) is 2. The molecule has 0 saturated heterocycles. The molecule has 0 saturated carbocycles. The van der Waals surface area contributed by atoms with Gasteiger partial charge in [0.15, 0.2) is 5.65 Å². The Balaban J connectivity index is 1.57. The zero-order valence-corrected chi connectivity index (χ0v) is 15.8. The first-order chi connectivity index (χ1) is 14.1. The lowest BCUT2D eigenvalue weighted by atomic mass is 10.1. The number of amides is 1. The second kappa shape index (κ2) is 8.44. The predicted molar refractivity (Wildman–Crippen MR) is 105 cm³/mol. The minimum atomic E-state index is -0.660. The molecule has 3 aromatic rings. The minimum absolute atomic E-state index is 0.267. The number of aliphatic hydroxyl groups is 1. The van der Waals surface area contributed by atoms with Crippen LogP contribution in [-0.4, -0.2) is 51.4 Å². The van der Waals surface area contributed by atoms with E-state index < -0.39 is 6.10 Å². The summed E-state index contributed by atoms with van der Waals surface area (Å²) in [4.78, 5) is 16.9. The Bertz CT molecular complexity index is 1020. The summed E-state index contributed by atoms with van der Waals surface area (Å²) in [6.07, 6.45) is 4.02. The monoisotopic (exact) mass is 399 g/mol. The molecule has 0 radical (unpaired) electrons. The molecular formula is C20H22FN5O3. The van der Waals surface area contributed by atoms with Crippen LogP contribution in [0.25, 0.3) is 5.65 Å². The van der Waals surface area contributed by atoms with Gasteiger partial charge in [-0.2, -0.15) is 5.10 Å². The van der Waals surface area contributed by atoms with Crippen molar-refractivity contribution in [3.8, 4) is 5.75 Å². The topological polar surface area (TPSA) is 101 Å². The van der Waals surface area contributed by atoms with Gasteiger partial charge in [-0.15, -0.1) is 0 Å². The number of aliphatic hydroxyl groups excluding tert-OH is 1. The van der Waals surface area contributed by atoms with Crippen molar-refractivity contribution in [2.24, 2.45) is 0 Å². The number of halogens is 1. The number of anilines is 1. The minimum Gasteiger partial charge on any atom is -0.493 e. The van der Waals surface area contributed by atoms with Crippen molar-refractivity contribution in [3.63, 3.8) is 0 Å². The van der Waals surface area contributed by atoms with Gasteiger partial charge in [0.1, 0.15) is 22.9 Å². The molecule has 2 aromatic heterocycles. The lowest BCUT2D eigenvalue weighted by Crippen LogP contribution is -2.25. The van der Waals surface area contributed by atoms with Gasteiger partial charge in [-0.1, -0.05) is 0 Å². The molecule has 8 nitrogen and oxygen atoms in total. The summed E-state index contributed by atoms with van der Waals surface area (Å²) < 4.78 is 21.0. The highest BCUT2D eigenvalue weighted by atomic mass is 19.1. The summed E-state index contributed by atoms with van der Waals surface area (Å²) in [6, 6.07) is 6.11. The fourth-order valence-electron chi connectivity index (χ4n) is 3.21. The first-order valence-corrected chi connectivity index (χ1v) is 9.56. The van der Waals surface area contributed by atoms with E-state index in [1.165, 1.54) is 22.8 Å². The van der Waals surface area contributed by atoms with Gasteiger partial charge < -0.3 is 20.5 Å². The highest BCUT2D eigenvalue weighted by Crippen LogP contribution is 2.22. The summed E-state index contributed by atoms with van der Waals surface area (Å²) in [5.74, 6) is 0.516. The number of rotatable bonds is 0. The average molecular weight is 399 g/mol. The third-order valence-corrected chi connectivity index (χ3v) is 4.77. The zero-order valence-electron chi connectivity index (χ0n) is 15.8. The van der Waals surface area contributed by atoms with Gasteiger partial charge in [-0.05, 0) is 49.1 Å². The van der Waals surface area contributed by atoms with Crippen molar-refractivity contribution < 1.29 is 19.0 Å². The molecule has 3 heterocycles. The van der Waals surface area contributed by atoms with Crippen molar-refractivity contribution in [3.05, 3.63) is 53.6 Å². The predicted octanol–water partition coefficient (Wildman–Crippen LogP) is 1.79. The summed E-state index contributed by atoms with van der Waals surface area (Å²) in [6.45, 7) is 1.06. The molecule has 1 amide bonds. The number of fused-ring (bicyclic) bond motifs is 2. The van der Waals surface area contributed by atoms with Gasteiger partial charge in [0, 0.05) is 19.3 Å². The molecule has 1 atom stereocenters. The van der Waals surface area contributed by atoms with Crippen LogP contribution < -0.4 is 15.4 Å². The van der Waals surface area contributed by atoms with Crippen LogP contribution in [0.5, 0.6) is 5.75 Å². The van der Waals surface area contributed by atoms with Crippen LogP contribution in [0.4, 0.5) is 10.2 Å². The number of nitrogens with zero attached hydrogens (tertiary/aromatic N) is 3. The number of β-amino-alcohol motifs (C(OH)–C–C–N with tert-alkyl or cyclic N) is 1. The van der Waals surface area contributed by atoms with E-state index in [4.69, 9.17) is 4.74 Å². The maximum atomic E-state index is 13.7. The second-order valence-corrected chi connectivity index (χ2v) is 6.92. The summed E-state index contributed by atoms with van der Waals surface area (Å²) in [5, 5.41) is 20.4. The number of aromatic nitrogens is 3. The Morgan fingerprint density at radius 1 is 1.28 bits per heavy atom. The number of carbonyl (C=O) groups excluding carboxylic acids is 1. The lowest BCUT2D eigenvalue weighted by Gasteiger charge is -2.15. The molecular weight excluding hydrogens is 377 g/mol. The zero-order chi connectivity index (χ0) is 20.2. The van der Waals surface area contributed by atoms with Crippen LogP contribution in [0.1, 0.15) is 28.8 Å². The number of benzene rings is 1. The van der Waals surface area contributed by atoms with Gasteiger partial charge >= 0.3 is 0 Å². The van der Waals surface area contributed by atoms with Gasteiger partial charge in [0.05, 0.1) is 18.9 Å². The van der Waals surface area contributed by atoms with Gasteiger partial charge in [0.2, 0.25) is 0 Å². The standard InChI is InChI=1S/C20H22FN5O3/c21-14-3-5-17-13(10-14)2-4-15(27)11-23-18-6-8-26-19(25-18)16(12-24-26)20(28)22-7-1-9-29-17/h3,5-6,8,10,12,15,27H,1-2,4,7,9,11H2,(H,22,28)(H,23,25)/t15-/m1/s1. The third-order valence-electron chi connectivity index (χ3n) is 4.77. The Hall–Kier alpha value is -3.20. The number of carbonyl (C=O) groups is 1. The lowest BCUT2D eigenvalue weighted by molar-refractivity contribution is 0.0953. The van der Waals surface area contributed by atoms with E-state index >= 15 is 0 Å². The van der Waals surface area contributed by atoms with Gasteiger partial charge in [-0.3, -0.25) is 4.79 Å². The SMILES string of the molecule is O=C1NCCCOc2ccc(F)cc2CC[C@@H](O)CNc2ccn3ncc1c3n2. The molecule has 1 aliphatic rings. The maximum Gasteiger partial charge on any atom is 0.256 e. The molecule has 0 unspecified atom stereocenters. The van der Waals surface area contributed by atoms with E-state index in [9.17, 15) is 14.3 Å². The number of ether oxygens (including phenoxy) is 1. The number of hydrogen-bond donors (Lipinski definition) is 3. The van der Waals surface area contributed by atoms with E-state index in [-0.39, 0.29) is 18.3 Å². The average Bonchev–Trinajstić information content (AvgIpc) is 3.14. The molecule has 1 aliphatic heterocycles. The molecule has 152 valence electrons. The van der Waals surface area contributed by atoms with Gasteiger partial charge in [-0.25, -0.2) is 13.9 Å². The van der Waals surface area contributed by atoms with Crippen LogP contribution in [-0.2, 0) is 6.42 Å². The number of aryl methyl sites for hydroxylation is 1. The maximum absolute atomic E-state index is 13.7. The van der Waals surface area contributed by atoms with Crippen LogP contribution in [0, 0.1) is 5.82 Å². The summed E-state index contributed by atoms with van der Waals surface area (Å²) in [7, 11) is 0. The third kappa shape index (κ3) is 4.45. The highest BCUT2D eigenvalue weighted by Gasteiger charge is 2.15. The quantitative estimate of drug-likeness (QED) is 0.533. The Kier molecular flexibility index (Phi) is 5.57. The van der Waals surface area contributed by atoms with Crippen LogP contribution >= 0.6 is 0 Å². The molecule has 0 spiro atoms. The molecule has 0 aliphatic carbocycles. The smallest absolute Gasteiger partial charge is 0.256 e. The van der Waals surface area contributed by atoms with Crippen LogP contribution in [0.2, 0.25) is 0 Å². The molecule has 9 heteroatoms. The van der Waals surface area contributed by atoms with Crippen LogP contribution in [0.15, 0.2) is 36.7 Å². The van der Waals surface area contributed by atoms with Gasteiger partial charge in [0.25, 0.3) is 5.91 Å². The van der Waals surface area contributed by atoms with E-state index in [1.807, 2.05) is 0 Å². The van der Waals surface area contributed by atoms with Crippen molar-refractivity contribution in [2.45, 2.75) is 25.4 Å². The van der Waals surface area contributed by atoms with Crippen molar-refractivity contribution in [1.82, 2.24) is 19.9 Å².